The summed E-state index contributed by atoms with van der Waals surface area (Å²) in [5.41, 5.74) is 2.78. The number of carbonyl (C=O) groups is 3. The number of morpholine rings is 1. The number of ether oxygens (including phenoxy) is 1. The normalized spacial score (nSPS) is 26.7. The summed E-state index contributed by atoms with van der Waals surface area (Å²) in [7, 11) is 0. The molecule has 3 amide bonds. The van der Waals surface area contributed by atoms with Gasteiger partial charge in [0.05, 0.1) is 12.2 Å². The molecule has 4 heterocycles. The lowest BCUT2D eigenvalue weighted by atomic mass is 9.90. The van der Waals surface area contributed by atoms with E-state index in [-0.39, 0.29) is 29.7 Å². The number of nitrogens with zero attached hydrogens (tertiary/aromatic N) is 2. The second-order valence-electron chi connectivity index (χ2n) is 8.88. The van der Waals surface area contributed by atoms with Gasteiger partial charge in [-0.1, -0.05) is 12.1 Å². The zero-order valence-electron chi connectivity index (χ0n) is 17.1. The van der Waals surface area contributed by atoms with Gasteiger partial charge in [0, 0.05) is 38.2 Å². The zero-order valence-corrected chi connectivity index (χ0v) is 17.1. The fourth-order valence-electron chi connectivity index (χ4n) is 5.23. The molecule has 1 aromatic rings. The Morgan fingerprint density at radius 1 is 1.17 bits per heavy atom. The molecular weight excluding hydrogens is 384 g/mol. The molecule has 1 aromatic carbocycles. The predicted octanol–water partition coefficient (Wildman–Crippen LogP) is 0.402. The molecule has 0 aromatic heterocycles. The van der Waals surface area contributed by atoms with Crippen LogP contribution in [0.15, 0.2) is 18.2 Å². The number of benzene rings is 1. The SMILES string of the molecule is O=C1CCC(N2Cc3cc(CN4CCOC5(CCNCC5)C4)ccc3C2=O)C(=O)N1. The molecule has 2 N–H and O–H groups in total. The van der Waals surface area contributed by atoms with Gasteiger partial charge in [0.1, 0.15) is 6.04 Å². The van der Waals surface area contributed by atoms with Crippen LogP contribution in [-0.2, 0) is 27.4 Å². The molecule has 4 aliphatic rings. The van der Waals surface area contributed by atoms with Crippen molar-refractivity contribution in [3.8, 4) is 0 Å². The standard InChI is InChI=1S/C22H28N4O4/c27-19-4-3-18(20(28)24-19)26-13-16-11-15(1-2-17(16)21(26)29)12-25-9-10-30-22(14-25)5-7-23-8-6-22/h1-2,11,18,23H,3-10,12-14H2,(H,24,27,28). The number of rotatable bonds is 3. The lowest BCUT2D eigenvalue weighted by molar-refractivity contribution is -0.136. The molecule has 160 valence electrons. The summed E-state index contributed by atoms with van der Waals surface area (Å²) in [5, 5.41) is 5.76. The number of carbonyl (C=O) groups excluding carboxylic acids is 3. The molecule has 0 bridgehead atoms. The van der Waals surface area contributed by atoms with E-state index in [0.29, 0.717) is 18.5 Å². The van der Waals surface area contributed by atoms with Crippen LogP contribution in [-0.4, -0.2) is 72.0 Å². The quantitative estimate of drug-likeness (QED) is 0.699. The molecule has 5 rings (SSSR count). The molecule has 0 radical (unpaired) electrons. The van der Waals surface area contributed by atoms with E-state index >= 15 is 0 Å². The molecule has 3 saturated heterocycles. The Morgan fingerprint density at radius 2 is 2.00 bits per heavy atom. The average molecular weight is 412 g/mol. The monoisotopic (exact) mass is 412 g/mol. The predicted molar refractivity (Wildman–Crippen MR) is 109 cm³/mol. The van der Waals surface area contributed by atoms with Crippen molar-refractivity contribution < 1.29 is 19.1 Å². The smallest absolute Gasteiger partial charge is 0.255 e. The van der Waals surface area contributed by atoms with Gasteiger partial charge >= 0.3 is 0 Å². The van der Waals surface area contributed by atoms with Crippen LogP contribution in [0.2, 0.25) is 0 Å². The van der Waals surface area contributed by atoms with Crippen molar-refractivity contribution in [2.24, 2.45) is 0 Å². The highest BCUT2D eigenvalue weighted by molar-refractivity contribution is 6.05. The maximum absolute atomic E-state index is 12.9. The van der Waals surface area contributed by atoms with E-state index in [1.54, 1.807) is 4.90 Å². The van der Waals surface area contributed by atoms with Gasteiger partial charge in [-0.15, -0.1) is 0 Å². The molecule has 1 atom stereocenters. The van der Waals surface area contributed by atoms with Crippen molar-refractivity contribution in [2.45, 2.75) is 50.4 Å². The highest BCUT2D eigenvalue weighted by Gasteiger charge is 2.40. The lowest BCUT2D eigenvalue weighted by Gasteiger charge is -2.45. The molecule has 30 heavy (non-hydrogen) atoms. The average Bonchev–Trinajstić information content (AvgIpc) is 3.04. The lowest BCUT2D eigenvalue weighted by Crippen LogP contribution is -2.55. The Labute approximate surface area is 175 Å². The van der Waals surface area contributed by atoms with Gasteiger partial charge in [-0.2, -0.15) is 0 Å². The van der Waals surface area contributed by atoms with E-state index in [1.807, 2.05) is 12.1 Å². The summed E-state index contributed by atoms with van der Waals surface area (Å²) < 4.78 is 6.17. The second-order valence-corrected chi connectivity index (χ2v) is 8.88. The third-order valence-electron chi connectivity index (χ3n) is 6.84. The Kier molecular flexibility index (Phi) is 5.08. The van der Waals surface area contributed by atoms with Crippen molar-refractivity contribution in [3.05, 3.63) is 34.9 Å². The van der Waals surface area contributed by atoms with Crippen LogP contribution in [0, 0.1) is 0 Å². The minimum absolute atomic E-state index is 0.0290. The van der Waals surface area contributed by atoms with Gasteiger partial charge in [0.15, 0.2) is 0 Å². The minimum Gasteiger partial charge on any atom is -0.372 e. The Balaban J connectivity index is 1.27. The van der Waals surface area contributed by atoms with E-state index < -0.39 is 6.04 Å². The first-order valence-electron chi connectivity index (χ1n) is 10.9. The van der Waals surface area contributed by atoms with Crippen LogP contribution in [0.5, 0.6) is 0 Å². The number of nitrogens with one attached hydrogen (secondary N) is 2. The van der Waals surface area contributed by atoms with Gasteiger partial charge in [-0.25, -0.2) is 0 Å². The zero-order chi connectivity index (χ0) is 20.7. The fourth-order valence-corrected chi connectivity index (χ4v) is 5.23. The topological polar surface area (TPSA) is 91.0 Å². The van der Waals surface area contributed by atoms with Gasteiger partial charge in [-0.3, -0.25) is 24.6 Å². The van der Waals surface area contributed by atoms with Crippen LogP contribution < -0.4 is 10.6 Å². The van der Waals surface area contributed by atoms with Crippen LogP contribution in [0.3, 0.4) is 0 Å². The maximum atomic E-state index is 12.9. The molecule has 0 aliphatic carbocycles. The molecule has 1 unspecified atom stereocenters. The third-order valence-corrected chi connectivity index (χ3v) is 6.84. The second kappa shape index (κ2) is 7.76. The molecule has 8 nitrogen and oxygen atoms in total. The Morgan fingerprint density at radius 3 is 2.80 bits per heavy atom. The Bertz CT molecular complexity index is 874. The molecule has 4 aliphatic heterocycles. The van der Waals surface area contributed by atoms with Gasteiger partial charge in [0.2, 0.25) is 11.8 Å². The number of hydrogen-bond donors (Lipinski definition) is 2. The maximum Gasteiger partial charge on any atom is 0.255 e. The van der Waals surface area contributed by atoms with Crippen LogP contribution in [0.1, 0.15) is 47.2 Å². The van der Waals surface area contributed by atoms with E-state index in [1.165, 1.54) is 5.56 Å². The molecule has 3 fully saturated rings. The number of amides is 3. The van der Waals surface area contributed by atoms with Crippen molar-refractivity contribution in [2.75, 3.05) is 32.8 Å². The highest BCUT2D eigenvalue weighted by atomic mass is 16.5. The first kappa shape index (κ1) is 19.7. The molecule has 8 heteroatoms. The van der Waals surface area contributed by atoms with Gasteiger partial charge < -0.3 is 15.0 Å². The number of fused-ring (bicyclic) bond motifs is 1. The van der Waals surface area contributed by atoms with Crippen LogP contribution in [0.25, 0.3) is 0 Å². The Hall–Kier alpha value is -2.29. The minimum atomic E-state index is -0.565. The molecular formula is C22H28N4O4. The molecule has 1 spiro atoms. The van der Waals surface area contributed by atoms with Gasteiger partial charge in [0.25, 0.3) is 5.91 Å². The first-order chi connectivity index (χ1) is 14.5. The first-order valence-corrected chi connectivity index (χ1v) is 10.9. The fraction of sp³-hybridized carbons (Fsp3) is 0.591. The third kappa shape index (κ3) is 3.64. The van der Waals surface area contributed by atoms with Crippen molar-refractivity contribution in [1.29, 1.82) is 0 Å². The van der Waals surface area contributed by atoms with E-state index in [0.717, 1.165) is 57.7 Å². The summed E-state index contributed by atoms with van der Waals surface area (Å²) in [6.45, 7) is 5.87. The summed E-state index contributed by atoms with van der Waals surface area (Å²) in [4.78, 5) is 40.6. The van der Waals surface area contributed by atoms with E-state index in [9.17, 15) is 14.4 Å². The van der Waals surface area contributed by atoms with Crippen molar-refractivity contribution in [3.63, 3.8) is 0 Å². The largest absolute Gasteiger partial charge is 0.372 e. The summed E-state index contributed by atoms with van der Waals surface area (Å²) >= 11 is 0. The number of hydrogen-bond acceptors (Lipinski definition) is 6. The summed E-state index contributed by atoms with van der Waals surface area (Å²) in [5.74, 6) is -0.751. The van der Waals surface area contributed by atoms with Crippen LogP contribution in [0.4, 0.5) is 0 Å². The van der Waals surface area contributed by atoms with Crippen molar-refractivity contribution >= 4 is 17.7 Å². The highest BCUT2D eigenvalue weighted by Crippen LogP contribution is 2.31. The van der Waals surface area contributed by atoms with Gasteiger partial charge in [-0.05, 0) is 49.5 Å². The molecule has 0 saturated carbocycles. The van der Waals surface area contributed by atoms with Crippen LogP contribution >= 0.6 is 0 Å². The number of imide groups is 1. The summed E-state index contributed by atoms with van der Waals surface area (Å²) in [6.07, 6.45) is 2.75. The van der Waals surface area contributed by atoms with Crippen molar-refractivity contribution in [1.82, 2.24) is 20.4 Å². The summed E-state index contributed by atoms with van der Waals surface area (Å²) in [6, 6.07) is 5.45. The number of piperidine rings is 2. The van der Waals surface area contributed by atoms with E-state index in [2.05, 4.69) is 21.6 Å². The van der Waals surface area contributed by atoms with E-state index in [4.69, 9.17) is 4.74 Å².